The summed E-state index contributed by atoms with van der Waals surface area (Å²) in [4.78, 5) is 13.7. The Morgan fingerprint density at radius 1 is 1.33 bits per heavy atom. The van der Waals surface area contributed by atoms with Crippen LogP contribution in [0.3, 0.4) is 0 Å². The molecule has 15 heavy (non-hydrogen) atoms. The van der Waals surface area contributed by atoms with Crippen molar-refractivity contribution in [2.45, 2.75) is 18.9 Å². The summed E-state index contributed by atoms with van der Waals surface area (Å²) < 4.78 is 0. The monoisotopic (exact) mass is 205 g/mol. The van der Waals surface area contributed by atoms with Crippen LogP contribution in [0.15, 0.2) is 30.3 Å². The number of likely N-dealkylation sites (tertiary alicyclic amines) is 1. The van der Waals surface area contributed by atoms with Crippen molar-refractivity contribution in [1.82, 2.24) is 4.90 Å². The Kier molecular flexibility index (Phi) is 3.02. The van der Waals surface area contributed by atoms with Crippen molar-refractivity contribution in [3.05, 3.63) is 35.9 Å². The number of carbonyl (C=O) groups excluding carboxylic acids is 1. The first kappa shape index (κ1) is 10.2. The number of piperidine rings is 1. The first-order valence-corrected chi connectivity index (χ1v) is 5.30. The molecule has 80 valence electrons. The number of rotatable bonds is 1. The van der Waals surface area contributed by atoms with Crippen molar-refractivity contribution < 1.29 is 9.90 Å². The maximum absolute atomic E-state index is 12.0. The molecule has 1 aromatic rings. The van der Waals surface area contributed by atoms with Gasteiger partial charge in [0.15, 0.2) is 0 Å². The second kappa shape index (κ2) is 4.45. The van der Waals surface area contributed by atoms with E-state index in [2.05, 4.69) is 0 Å². The molecular formula is C12H15NO2. The van der Waals surface area contributed by atoms with Crippen molar-refractivity contribution >= 4 is 5.91 Å². The first-order chi connectivity index (χ1) is 7.27. The molecule has 1 aromatic carbocycles. The van der Waals surface area contributed by atoms with Crippen LogP contribution in [0.25, 0.3) is 0 Å². The lowest BCUT2D eigenvalue weighted by atomic mass is 10.1. The van der Waals surface area contributed by atoms with E-state index < -0.39 is 0 Å². The predicted molar refractivity (Wildman–Crippen MR) is 57.6 cm³/mol. The summed E-state index contributed by atoms with van der Waals surface area (Å²) in [6.07, 6.45) is 1.34. The van der Waals surface area contributed by atoms with Gasteiger partial charge in [-0.05, 0) is 25.0 Å². The Morgan fingerprint density at radius 2 is 2.07 bits per heavy atom. The van der Waals surface area contributed by atoms with Gasteiger partial charge in [0.05, 0.1) is 6.10 Å². The lowest BCUT2D eigenvalue weighted by Crippen LogP contribution is -2.42. The molecular weight excluding hydrogens is 190 g/mol. The molecule has 0 bridgehead atoms. The number of hydrogen-bond donors (Lipinski definition) is 1. The zero-order chi connectivity index (χ0) is 10.7. The van der Waals surface area contributed by atoms with Crippen molar-refractivity contribution in [2.24, 2.45) is 0 Å². The van der Waals surface area contributed by atoms with E-state index in [0.29, 0.717) is 12.1 Å². The zero-order valence-electron chi connectivity index (χ0n) is 8.60. The van der Waals surface area contributed by atoms with Crippen molar-refractivity contribution in [3.8, 4) is 0 Å². The molecule has 1 amide bonds. The third-order valence-corrected chi connectivity index (χ3v) is 2.70. The zero-order valence-corrected chi connectivity index (χ0v) is 8.60. The third kappa shape index (κ3) is 2.36. The maximum Gasteiger partial charge on any atom is 0.253 e. The molecule has 3 nitrogen and oxygen atoms in total. The summed E-state index contributed by atoms with van der Waals surface area (Å²) in [5.74, 6) is 0.0225. The SMILES string of the molecule is O=C(c1ccccc1)N1CCC[C@@H](O)C1. The molecule has 1 atom stereocenters. The minimum absolute atomic E-state index is 0.0225. The van der Waals surface area contributed by atoms with Crippen LogP contribution in [0.4, 0.5) is 0 Å². The van der Waals surface area contributed by atoms with Crippen molar-refractivity contribution in [2.75, 3.05) is 13.1 Å². The molecule has 1 fully saturated rings. The van der Waals surface area contributed by atoms with E-state index in [1.54, 1.807) is 4.90 Å². The van der Waals surface area contributed by atoms with E-state index in [-0.39, 0.29) is 12.0 Å². The van der Waals surface area contributed by atoms with Gasteiger partial charge in [-0.25, -0.2) is 0 Å². The van der Waals surface area contributed by atoms with E-state index in [0.717, 1.165) is 19.4 Å². The number of aliphatic hydroxyl groups is 1. The van der Waals surface area contributed by atoms with Gasteiger partial charge in [0.1, 0.15) is 0 Å². The normalized spacial score (nSPS) is 21.4. The minimum Gasteiger partial charge on any atom is -0.391 e. The second-order valence-electron chi connectivity index (χ2n) is 3.91. The Balaban J connectivity index is 2.08. The van der Waals surface area contributed by atoms with Crippen LogP contribution in [-0.2, 0) is 0 Å². The maximum atomic E-state index is 12.0. The van der Waals surface area contributed by atoms with E-state index in [1.807, 2.05) is 30.3 Å². The molecule has 1 saturated heterocycles. The molecule has 1 heterocycles. The Bertz CT molecular complexity index is 337. The highest BCUT2D eigenvalue weighted by atomic mass is 16.3. The van der Waals surface area contributed by atoms with Gasteiger partial charge >= 0.3 is 0 Å². The van der Waals surface area contributed by atoms with Gasteiger partial charge in [0, 0.05) is 18.7 Å². The van der Waals surface area contributed by atoms with Crippen LogP contribution < -0.4 is 0 Å². The molecule has 0 radical (unpaired) electrons. The van der Waals surface area contributed by atoms with Gasteiger partial charge in [0.2, 0.25) is 0 Å². The Hall–Kier alpha value is -1.35. The Morgan fingerprint density at radius 3 is 2.73 bits per heavy atom. The van der Waals surface area contributed by atoms with Crippen LogP contribution in [0.2, 0.25) is 0 Å². The molecule has 0 aromatic heterocycles. The number of nitrogens with zero attached hydrogens (tertiary/aromatic N) is 1. The van der Waals surface area contributed by atoms with Crippen molar-refractivity contribution in [1.29, 1.82) is 0 Å². The average Bonchev–Trinajstić information content (AvgIpc) is 2.29. The number of benzene rings is 1. The summed E-state index contributed by atoms with van der Waals surface area (Å²) in [6, 6.07) is 9.22. The minimum atomic E-state index is -0.355. The van der Waals surface area contributed by atoms with Crippen LogP contribution in [-0.4, -0.2) is 35.1 Å². The van der Waals surface area contributed by atoms with Crippen molar-refractivity contribution in [3.63, 3.8) is 0 Å². The van der Waals surface area contributed by atoms with Crippen LogP contribution in [0, 0.1) is 0 Å². The predicted octanol–water partition coefficient (Wildman–Crippen LogP) is 1.28. The number of amides is 1. The van der Waals surface area contributed by atoms with Gasteiger partial charge in [0.25, 0.3) is 5.91 Å². The highest BCUT2D eigenvalue weighted by molar-refractivity contribution is 5.94. The lowest BCUT2D eigenvalue weighted by Gasteiger charge is -2.30. The van der Waals surface area contributed by atoms with Crippen LogP contribution in [0.5, 0.6) is 0 Å². The smallest absolute Gasteiger partial charge is 0.253 e. The van der Waals surface area contributed by atoms with Gasteiger partial charge in [-0.2, -0.15) is 0 Å². The molecule has 1 aliphatic heterocycles. The first-order valence-electron chi connectivity index (χ1n) is 5.30. The van der Waals surface area contributed by atoms with Gasteiger partial charge in [-0.1, -0.05) is 18.2 Å². The summed E-state index contributed by atoms with van der Waals surface area (Å²) in [5, 5.41) is 9.48. The van der Waals surface area contributed by atoms with E-state index in [4.69, 9.17) is 0 Å². The highest BCUT2D eigenvalue weighted by Crippen LogP contribution is 2.13. The highest BCUT2D eigenvalue weighted by Gasteiger charge is 2.22. The summed E-state index contributed by atoms with van der Waals surface area (Å²) in [6.45, 7) is 1.22. The topological polar surface area (TPSA) is 40.5 Å². The number of hydrogen-bond acceptors (Lipinski definition) is 2. The fourth-order valence-electron chi connectivity index (χ4n) is 1.90. The third-order valence-electron chi connectivity index (χ3n) is 2.70. The van der Waals surface area contributed by atoms with E-state index in [1.165, 1.54) is 0 Å². The quantitative estimate of drug-likeness (QED) is 0.750. The average molecular weight is 205 g/mol. The summed E-state index contributed by atoms with van der Waals surface area (Å²) >= 11 is 0. The second-order valence-corrected chi connectivity index (χ2v) is 3.91. The summed E-state index contributed by atoms with van der Waals surface area (Å²) in [7, 11) is 0. The molecule has 0 saturated carbocycles. The number of carbonyl (C=O) groups is 1. The molecule has 1 aliphatic rings. The number of β-amino-alcohol motifs (C(OH)–C–C–N with tert-alkyl or cyclic N) is 1. The van der Waals surface area contributed by atoms with Gasteiger partial charge in [-0.15, -0.1) is 0 Å². The molecule has 0 aliphatic carbocycles. The van der Waals surface area contributed by atoms with Crippen LogP contribution >= 0.6 is 0 Å². The van der Waals surface area contributed by atoms with Gasteiger partial charge < -0.3 is 10.0 Å². The Labute approximate surface area is 89.3 Å². The molecule has 2 rings (SSSR count). The van der Waals surface area contributed by atoms with E-state index in [9.17, 15) is 9.90 Å². The lowest BCUT2D eigenvalue weighted by molar-refractivity contribution is 0.0474. The molecule has 0 unspecified atom stereocenters. The largest absolute Gasteiger partial charge is 0.391 e. The molecule has 3 heteroatoms. The molecule has 0 spiro atoms. The van der Waals surface area contributed by atoms with Crippen LogP contribution in [0.1, 0.15) is 23.2 Å². The number of aliphatic hydroxyl groups excluding tert-OH is 1. The fraction of sp³-hybridized carbons (Fsp3) is 0.417. The summed E-state index contributed by atoms with van der Waals surface area (Å²) in [5.41, 5.74) is 0.701. The standard InChI is InChI=1S/C12H15NO2/c14-11-7-4-8-13(9-11)12(15)10-5-2-1-3-6-10/h1-3,5-6,11,14H,4,7-9H2/t11-/m1/s1. The molecule has 1 N–H and O–H groups in total. The van der Waals surface area contributed by atoms with Gasteiger partial charge in [-0.3, -0.25) is 4.79 Å². The fourth-order valence-corrected chi connectivity index (χ4v) is 1.90. The van der Waals surface area contributed by atoms with E-state index >= 15 is 0 Å².